The Hall–Kier alpha value is -1.69. The second-order valence-electron chi connectivity index (χ2n) is 6.31. The molecular weight excluding hydrogens is 413 g/mol. The fraction of sp³-hybridized carbons (Fsp3) is 0.300. The maximum absolute atomic E-state index is 5.64. The standard InChI is InChI=1S/C20H20INO2/c1-23-13-7-9-19(24-2)17(11-13)20-15-5-3-4-14(15)16-10-12(21)6-8-18(16)22-20/h3-4,6-11,14-15,20,22H,5H2,1-2H3/t14-,15+,20-/m0/s1. The van der Waals surface area contributed by atoms with Crippen LogP contribution < -0.4 is 14.8 Å². The Labute approximate surface area is 156 Å². The Kier molecular flexibility index (Phi) is 4.16. The Morgan fingerprint density at radius 2 is 1.92 bits per heavy atom. The molecule has 4 rings (SSSR count). The van der Waals surface area contributed by atoms with E-state index in [4.69, 9.17) is 9.47 Å². The molecule has 0 saturated heterocycles. The Bertz CT molecular complexity index is 802. The first-order valence-corrected chi connectivity index (χ1v) is 9.23. The molecule has 2 aromatic carbocycles. The van der Waals surface area contributed by atoms with Crippen LogP contribution in [0, 0.1) is 9.49 Å². The van der Waals surface area contributed by atoms with Gasteiger partial charge in [0, 0.05) is 20.7 Å². The molecule has 1 aliphatic heterocycles. The topological polar surface area (TPSA) is 30.5 Å². The van der Waals surface area contributed by atoms with E-state index in [0.29, 0.717) is 11.8 Å². The van der Waals surface area contributed by atoms with Gasteiger partial charge in [-0.2, -0.15) is 0 Å². The molecule has 0 saturated carbocycles. The molecular formula is C20H20INO2. The molecule has 124 valence electrons. The lowest BCUT2D eigenvalue weighted by atomic mass is 9.77. The molecule has 24 heavy (non-hydrogen) atoms. The van der Waals surface area contributed by atoms with Crippen LogP contribution in [0.4, 0.5) is 5.69 Å². The van der Waals surface area contributed by atoms with Crippen molar-refractivity contribution < 1.29 is 9.47 Å². The van der Waals surface area contributed by atoms with Crippen molar-refractivity contribution in [2.24, 2.45) is 5.92 Å². The number of rotatable bonds is 3. The lowest BCUT2D eigenvalue weighted by Gasteiger charge is -2.38. The van der Waals surface area contributed by atoms with Gasteiger partial charge < -0.3 is 14.8 Å². The molecule has 0 unspecified atom stereocenters. The molecule has 0 amide bonds. The summed E-state index contributed by atoms with van der Waals surface area (Å²) in [5.41, 5.74) is 3.79. The third kappa shape index (κ3) is 2.57. The Morgan fingerprint density at radius 3 is 2.71 bits per heavy atom. The molecule has 0 radical (unpaired) electrons. The summed E-state index contributed by atoms with van der Waals surface area (Å²) in [5, 5.41) is 3.76. The predicted octanol–water partition coefficient (Wildman–Crippen LogP) is 5.13. The van der Waals surface area contributed by atoms with Gasteiger partial charge in [0.1, 0.15) is 11.5 Å². The molecule has 2 aliphatic rings. The highest BCUT2D eigenvalue weighted by atomic mass is 127. The van der Waals surface area contributed by atoms with Crippen LogP contribution >= 0.6 is 22.6 Å². The molecule has 1 heterocycles. The first kappa shape index (κ1) is 15.8. The smallest absolute Gasteiger partial charge is 0.124 e. The van der Waals surface area contributed by atoms with Crippen LogP contribution in [0.25, 0.3) is 0 Å². The number of hydrogen-bond acceptors (Lipinski definition) is 3. The summed E-state index contributed by atoms with van der Waals surface area (Å²) in [7, 11) is 3.44. The predicted molar refractivity (Wildman–Crippen MR) is 105 cm³/mol. The van der Waals surface area contributed by atoms with Crippen molar-refractivity contribution in [3.05, 3.63) is 63.2 Å². The van der Waals surface area contributed by atoms with E-state index in [1.165, 1.54) is 20.4 Å². The van der Waals surface area contributed by atoms with E-state index in [9.17, 15) is 0 Å². The van der Waals surface area contributed by atoms with Crippen molar-refractivity contribution in [1.82, 2.24) is 0 Å². The highest BCUT2D eigenvalue weighted by Gasteiger charge is 2.39. The van der Waals surface area contributed by atoms with Crippen LogP contribution in [-0.2, 0) is 0 Å². The van der Waals surface area contributed by atoms with E-state index in [1.54, 1.807) is 14.2 Å². The van der Waals surface area contributed by atoms with Crippen molar-refractivity contribution >= 4 is 28.3 Å². The highest BCUT2D eigenvalue weighted by Crippen LogP contribution is 2.51. The SMILES string of the molecule is COc1ccc(OC)c([C@H]2Nc3ccc(I)cc3[C@H]3C=CC[C@H]32)c1. The minimum atomic E-state index is 0.211. The number of halogens is 1. The van der Waals surface area contributed by atoms with Crippen LogP contribution in [0.2, 0.25) is 0 Å². The zero-order chi connectivity index (χ0) is 16.7. The number of nitrogens with one attached hydrogen (secondary N) is 1. The molecule has 3 nitrogen and oxygen atoms in total. The molecule has 4 heteroatoms. The third-order valence-electron chi connectivity index (χ3n) is 5.10. The van der Waals surface area contributed by atoms with Gasteiger partial charge in [0.2, 0.25) is 0 Å². The number of hydrogen-bond donors (Lipinski definition) is 1. The summed E-state index contributed by atoms with van der Waals surface area (Å²) in [6.07, 6.45) is 5.75. The number of anilines is 1. The van der Waals surface area contributed by atoms with E-state index < -0.39 is 0 Å². The van der Waals surface area contributed by atoms with Gasteiger partial charge in [0.25, 0.3) is 0 Å². The summed E-state index contributed by atoms with van der Waals surface area (Å²) in [6, 6.07) is 12.9. The molecule has 1 aliphatic carbocycles. The molecule has 0 spiro atoms. The summed E-state index contributed by atoms with van der Waals surface area (Å²) >= 11 is 2.39. The van der Waals surface area contributed by atoms with Gasteiger partial charge >= 0.3 is 0 Å². The highest BCUT2D eigenvalue weighted by molar-refractivity contribution is 14.1. The molecule has 0 bridgehead atoms. The van der Waals surface area contributed by atoms with Crippen LogP contribution in [0.15, 0.2) is 48.6 Å². The van der Waals surface area contributed by atoms with E-state index in [1.807, 2.05) is 12.1 Å². The van der Waals surface area contributed by atoms with Crippen molar-refractivity contribution in [3.8, 4) is 11.5 Å². The zero-order valence-corrected chi connectivity index (χ0v) is 15.9. The van der Waals surface area contributed by atoms with Crippen molar-refractivity contribution in [1.29, 1.82) is 0 Å². The maximum Gasteiger partial charge on any atom is 0.124 e. The molecule has 3 atom stereocenters. The second-order valence-corrected chi connectivity index (χ2v) is 7.56. The quantitative estimate of drug-likeness (QED) is 0.538. The summed E-state index contributed by atoms with van der Waals surface area (Å²) in [5.74, 6) is 2.73. The van der Waals surface area contributed by atoms with Gasteiger partial charge in [0.05, 0.1) is 20.3 Å². The summed E-state index contributed by atoms with van der Waals surface area (Å²) < 4.78 is 12.4. The number of fused-ring (bicyclic) bond motifs is 3. The van der Waals surface area contributed by atoms with Gasteiger partial charge in [-0.1, -0.05) is 12.2 Å². The van der Waals surface area contributed by atoms with Crippen molar-refractivity contribution in [2.75, 3.05) is 19.5 Å². The van der Waals surface area contributed by atoms with Crippen LogP contribution in [0.5, 0.6) is 11.5 Å². The van der Waals surface area contributed by atoms with Gasteiger partial charge in [-0.05, 0) is 76.9 Å². The zero-order valence-electron chi connectivity index (χ0n) is 13.8. The summed E-state index contributed by atoms with van der Waals surface area (Å²) in [4.78, 5) is 0. The normalized spacial score (nSPS) is 24.0. The Morgan fingerprint density at radius 1 is 1.04 bits per heavy atom. The molecule has 0 aromatic heterocycles. The largest absolute Gasteiger partial charge is 0.497 e. The van der Waals surface area contributed by atoms with Gasteiger partial charge in [-0.25, -0.2) is 0 Å². The van der Waals surface area contributed by atoms with E-state index in [-0.39, 0.29) is 6.04 Å². The van der Waals surface area contributed by atoms with Crippen LogP contribution in [0.3, 0.4) is 0 Å². The maximum atomic E-state index is 5.64. The lowest BCUT2D eigenvalue weighted by Crippen LogP contribution is -2.29. The van der Waals surface area contributed by atoms with Crippen molar-refractivity contribution in [2.45, 2.75) is 18.4 Å². The fourth-order valence-corrected chi connectivity index (χ4v) is 4.47. The van der Waals surface area contributed by atoms with Gasteiger partial charge in [-0.15, -0.1) is 0 Å². The second kappa shape index (κ2) is 6.31. The molecule has 0 fully saturated rings. The van der Waals surface area contributed by atoms with Crippen LogP contribution in [-0.4, -0.2) is 14.2 Å². The fourth-order valence-electron chi connectivity index (χ4n) is 3.96. The summed E-state index contributed by atoms with van der Waals surface area (Å²) in [6.45, 7) is 0. The monoisotopic (exact) mass is 433 g/mol. The lowest BCUT2D eigenvalue weighted by molar-refractivity contribution is 0.374. The number of benzene rings is 2. The van der Waals surface area contributed by atoms with E-state index >= 15 is 0 Å². The van der Waals surface area contributed by atoms with E-state index in [0.717, 1.165) is 17.9 Å². The molecule has 1 N–H and O–H groups in total. The number of allylic oxidation sites excluding steroid dienone is 2. The van der Waals surface area contributed by atoms with Gasteiger partial charge in [-0.3, -0.25) is 0 Å². The number of methoxy groups -OCH3 is 2. The minimum Gasteiger partial charge on any atom is -0.497 e. The van der Waals surface area contributed by atoms with E-state index in [2.05, 4.69) is 64.3 Å². The van der Waals surface area contributed by atoms with Crippen LogP contribution in [0.1, 0.15) is 29.5 Å². The van der Waals surface area contributed by atoms with Gasteiger partial charge in [0.15, 0.2) is 0 Å². The average molecular weight is 433 g/mol. The Balaban J connectivity index is 1.81. The minimum absolute atomic E-state index is 0.211. The van der Waals surface area contributed by atoms with Crippen molar-refractivity contribution in [3.63, 3.8) is 0 Å². The number of ether oxygens (including phenoxy) is 2. The average Bonchev–Trinajstić information content (AvgIpc) is 3.10. The molecule has 2 aromatic rings. The first-order chi connectivity index (χ1) is 11.7. The first-order valence-electron chi connectivity index (χ1n) is 8.16. The third-order valence-corrected chi connectivity index (χ3v) is 5.77.